The van der Waals surface area contributed by atoms with Crippen LogP contribution < -0.4 is 10.6 Å². The van der Waals surface area contributed by atoms with E-state index in [-0.39, 0.29) is 11.7 Å². The number of imidazole rings is 1. The molecule has 3 aromatic rings. The first-order valence-electron chi connectivity index (χ1n) is 9.08. The van der Waals surface area contributed by atoms with Gasteiger partial charge in [0.25, 0.3) is 0 Å². The molecule has 7 heteroatoms. The number of urea groups is 1. The number of imide groups is 1. The number of thioether (sulfide) groups is 1. The molecule has 0 atom stereocenters. The number of hydrogen-bond acceptors (Lipinski definition) is 4. The molecule has 0 bridgehead atoms. The molecule has 1 aromatic heterocycles. The molecule has 0 saturated heterocycles. The maximum absolute atomic E-state index is 12.0. The Morgan fingerprint density at radius 1 is 1.00 bits per heavy atom. The highest BCUT2D eigenvalue weighted by Crippen LogP contribution is 2.32. The maximum atomic E-state index is 12.0. The number of aromatic amines is 1. The summed E-state index contributed by atoms with van der Waals surface area (Å²) in [5.41, 5.74) is 3.74. The van der Waals surface area contributed by atoms with E-state index >= 15 is 0 Å². The number of amides is 3. The Morgan fingerprint density at radius 2 is 1.64 bits per heavy atom. The molecule has 3 rings (SSSR count). The number of nitrogens with one attached hydrogen (secondary N) is 3. The summed E-state index contributed by atoms with van der Waals surface area (Å²) in [5.74, 6) is -0.271. The Morgan fingerprint density at radius 3 is 2.29 bits per heavy atom. The Kier molecular flexibility index (Phi) is 6.86. The van der Waals surface area contributed by atoms with Crippen molar-refractivity contribution in [1.29, 1.82) is 0 Å². The fourth-order valence-electron chi connectivity index (χ4n) is 2.62. The topological polar surface area (TPSA) is 86.9 Å². The zero-order valence-corrected chi connectivity index (χ0v) is 16.4. The summed E-state index contributed by atoms with van der Waals surface area (Å²) >= 11 is 1.26. The maximum Gasteiger partial charge on any atom is 0.321 e. The lowest BCUT2D eigenvalue weighted by atomic mass is 10.1. The number of nitrogens with zero attached hydrogens (tertiary/aromatic N) is 1. The van der Waals surface area contributed by atoms with E-state index in [1.807, 2.05) is 67.6 Å². The van der Waals surface area contributed by atoms with Crippen molar-refractivity contribution in [3.05, 3.63) is 60.7 Å². The fourth-order valence-corrected chi connectivity index (χ4v) is 3.29. The quantitative estimate of drug-likeness (QED) is 0.527. The van der Waals surface area contributed by atoms with Crippen molar-refractivity contribution in [3.63, 3.8) is 0 Å². The lowest BCUT2D eigenvalue weighted by Gasteiger charge is -2.04. The second-order valence-corrected chi connectivity index (χ2v) is 7.05. The molecule has 0 fully saturated rings. The third-order valence-corrected chi connectivity index (χ3v) is 4.79. The van der Waals surface area contributed by atoms with E-state index in [9.17, 15) is 9.59 Å². The average molecular weight is 395 g/mol. The minimum absolute atomic E-state index is 0.0928. The molecule has 6 nitrogen and oxygen atoms in total. The van der Waals surface area contributed by atoms with Gasteiger partial charge in [-0.1, -0.05) is 79.3 Å². The van der Waals surface area contributed by atoms with Gasteiger partial charge in [0.1, 0.15) is 0 Å². The molecule has 28 heavy (non-hydrogen) atoms. The normalized spacial score (nSPS) is 10.5. The largest absolute Gasteiger partial charge is 0.338 e. The number of aromatic nitrogens is 2. The van der Waals surface area contributed by atoms with Crippen LogP contribution in [0.2, 0.25) is 0 Å². The van der Waals surface area contributed by atoms with Gasteiger partial charge in [0.05, 0.1) is 17.1 Å². The molecule has 2 aromatic carbocycles. The van der Waals surface area contributed by atoms with Crippen LogP contribution in [0.4, 0.5) is 4.79 Å². The third-order valence-electron chi connectivity index (χ3n) is 3.92. The molecular formula is C21H22N4O2S. The van der Waals surface area contributed by atoms with Crippen LogP contribution in [0.1, 0.15) is 13.3 Å². The summed E-state index contributed by atoms with van der Waals surface area (Å²) in [6.45, 7) is 2.48. The van der Waals surface area contributed by atoms with Crippen LogP contribution in [0.5, 0.6) is 0 Å². The van der Waals surface area contributed by atoms with Crippen LogP contribution in [-0.4, -0.2) is 34.2 Å². The van der Waals surface area contributed by atoms with Crippen LogP contribution >= 0.6 is 11.8 Å². The Balaban J connectivity index is 1.75. The molecule has 0 aliphatic heterocycles. The number of carbonyl (C=O) groups excluding carboxylic acids is 2. The lowest BCUT2D eigenvalue weighted by Crippen LogP contribution is -2.40. The molecule has 0 saturated carbocycles. The van der Waals surface area contributed by atoms with Crippen molar-refractivity contribution in [2.75, 3.05) is 12.3 Å². The van der Waals surface area contributed by atoms with Crippen LogP contribution in [0.15, 0.2) is 65.8 Å². The Hall–Kier alpha value is -3.06. The van der Waals surface area contributed by atoms with E-state index < -0.39 is 6.03 Å². The van der Waals surface area contributed by atoms with Crippen molar-refractivity contribution < 1.29 is 9.59 Å². The standard InChI is InChI=1S/C21H22N4O2S/c1-2-13-22-20(27)23-17(26)14-28-21-24-18(15-9-5-3-6-10-15)19(25-21)16-11-7-4-8-12-16/h3-12H,2,13-14H2,1H3,(H,24,25)(H2,22,23,26,27). The van der Waals surface area contributed by atoms with Gasteiger partial charge in [-0.2, -0.15) is 0 Å². The van der Waals surface area contributed by atoms with Gasteiger partial charge in [-0.25, -0.2) is 9.78 Å². The van der Waals surface area contributed by atoms with E-state index in [0.717, 1.165) is 28.9 Å². The smallest absolute Gasteiger partial charge is 0.321 e. The minimum Gasteiger partial charge on any atom is -0.338 e. The number of H-pyrrole nitrogens is 1. The zero-order chi connectivity index (χ0) is 19.8. The minimum atomic E-state index is -0.471. The van der Waals surface area contributed by atoms with Gasteiger partial charge in [-0.15, -0.1) is 0 Å². The molecule has 0 radical (unpaired) electrons. The summed E-state index contributed by atoms with van der Waals surface area (Å²) < 4.78 is 0. The van der Waals surface area contributed by atoms with Crippen molar-refractivity contribution in [2.24, 2.45) is 0 Å². The van der Waals surface area contributed by atoms with Crippen molar-refractivity contribution in [1.82, 2.24) is 20.6 Å². The number of benzene rings is 2. The summed E-state index contributed by atoms with van der Waals surface area (Å²) in [6, 6.07) is 19.4. The summed E-state index contributed by atoms with van der Waals surface area (Å²) in [7, 11) is 0. The average Bonchev–Trinajstić information content (AvgIpc) is 3.16. The Labute approximate surface area is 168 Å². The van der Waals surface area contributed by atoms with Gasteiger partial charge in [-0.3, -0.25) is 10.1 Å². The molecule has 0 spiro atoms. The molecule has 3 N–H and O–H groups in total. The summed E-state index contributed by atoms with van der Waals surface area (Å²) in [5, 5.41) is 5.56. The molecule has 0 unspecified atom stereocenters. The van der Waals surface area contributed by atoms with Crippen LogP contribution in [-0.2, 0) is 4.79 Å². The van der Waals surface area contributed by atoms with Gasteiger partial charge in [0, 0.05) is 17.7 Å². The molecule has 3 amide bonds. The number of rotatable bonds is 7. The van der Waals surface area contributed by atoms with Crippen LogP contribution in [0.3, 0.4) is 0 Å². The Bertz CT molecular complexity index is 869. The first-order valence-corrected chi connectivity index (χ1v) is 10.1. The van der Waals surface area contributed by atoms with Crippen LogP contribution in [0.25, 0.3) is 22.5 Å². The predicted octanol–water partition coefficient (Wildman–Crippen LogP) is 4.07. The summed E-state index contributed by atoms with van der Waals surface area (Å²) in [6.07, 6.45) is 0.813. The first kappa shape index (κ1) is 19.7. The van der Waals surface area contributed by atoms with E-state index in [1.54, 1.807) is 0 Å². The van der Waals surface area contributed by atoms with E-state index in [0.29, 0.717) is 11.7 Å². The lowest BCUT2D eigenvalue weighted by molar-refractivity contribution is -0.117. The number of carbonyl (C=O) groups is 2. The highest BCUT2D eigenvalue weighted by atomic mass is 32.2. The SMILES string of the molecule is CCCNC(=O)NC(=O)CSc1nc(-c2ccccc2)c(-c2ccccc2)[nH]1. The van der Waals surface area contributed by atoms with Crippen molar-refractivity contribution in [3.8, 4) is 22.5 Å². The van der Waals surface area contributed by atoms with E-state index in [4.69, 9.17) is 0 Å². The zero-order valence-electron chi connectivity index (χ0n) is 15.6. The second kappa shape index (κ2) is 9.75. The fraction of sp³-hybridized carbons (Fsp3) is 0.190. The van der Waals surface area contributed by atoms with E-state index in [2.05, 4.69) is 20.6 Å². The highest BCUT2D eigenvalue weighted by molar-refractivity contribution is 7.99. The molecule has 0 aliphatic rings. The van der Waals surface area contributed by atoms with E-state index in [1.165, 1.54) is 11.8 Å². The predicted molar refractivity (Wildman–Crippen MR) is 112 cm³/mol. The van der Waals surface area contributed by atoms with Crippen molar-refractivity contribution >= 4 is 23.7 Å². The summed E-state index contributed by atoms with van der Waals surface area (Å²) in [4.78, 5) is 31.6. The van der Waals surface area contributed by atoms with Crippen molar-refractivity contribution in [2.45, 2.75) is 18.5 Å². The molecule has 144 valence electrons. The molecule has 0 aliphatic carbocycles. The van der Waals surface area contributed by atoms with Gasteiger partial charge in [-0.05, 0) is 6.42 Å². The molecule has 1 heterocycles. The number of hydrogen-bond donors (Lipinski definition) is 3. The first-order chi connectivity index (χ1) is 13.7. The monoisotopic (exact) mass is 394 g/mol. The highest BCUT2D eigenvalue weighted by Gasteiger charge is 2.15. The van der Waals surface area contributed by atoms with Gasteiger partial charge >= 0.3 is 6.03 Å². The van der Waals surface area contributed by atoms with Gasteiger partial charge in [0.2, 0.25) is 5.91 Å². The van der Waals surface area contributed by atoms with Crippen LogP contribution in [0, 0.1) is 0 Å². The van der Waals surface area contributed by atoms with Gasteiger partial charge < -0.3 is 10.3 Å². The second-order valence-electron chi connectivity index (χ2n) is 6.09. The molecular weight excluding hydrogens is 372 g/mol. The van der Waals surface area contributed by atoms with Gasteiger partial charge in [0.15, 0.2) is 5.16 Å². The third kappa shape index (κ3) is 5.23.